The first kappa shape index (κ1) is 12.3. The highest BCUT2D eigenvalue weighted by Gasteiger charge is 2.26. The van der Waals surface area contributed by atoms with Crippen LogP contribution >= 0.6 is 11.6 Å². The minimum absolute atomic E-state index is 0.175. The molecule has 2 atom stereocenters. The lowest BCUT2D eigenvalue weighted by molar-refractivity contribution is -0.117. The number of hydrogen-bond donors (Lipinski definition) is 1. The fourth-order valence-corrected chi connectivity index (χ4v) is 1.75. The number of hydrogen-bond acceptors (Lipinski definition) is 2. The van der Waals surface area contributed by atoms with Gasteiger partial charge in [-0.1, -0.05) is 13.8 Å². The number of nitrogens with zero attached hydrogens (tertiary/aromatic N) is 1. The van der Waals surface area contributed by atoms with Gasteiger partial charge in [0, 0.05) is 13.1 Å². The third-order valence-corrected chi connectivity index (χ3v) is 3.23. The predicted octanol–water partition coefficient (Wildman–Crippen LogP) is 1.44. The molecule has 2 unspecified atom stereocenters. The highest BCUT2D eigenvalue weighted by Crippen LogP contribution is 2.22. The van der Waals surface area contributed by atoms with Crippen molar-refractivity contribution < 1.29 is 9.59 Å². The van der Waals surface area contributed by atoms with E-state index in [0.29, 0.717) is 24.9 Å². The SMILES string of the molecule is CC1CCN(C(=O)NC(=O)CCl)CC1C. The van der Waals surface area contributed by atoms with E-state index in [9.17, 15) is 9.59 Å². The number of alkyl halides is 1. The summed E-state index contributed by atoms with van der Waals surface area (Å²) < 4.78 is 0. The third-order valence-electron chi connectivity index (χ3n) is 2.99. The van der Waals surface area contributed by atoms with Crippen molar-refractivity contribution in [3.63, 3.8) is 0 Å². The number of amides is 3. The van der Waals surface area contributed by atoms with E-state index >= 15 is 0 Å². The summed E-state index contributed by atoms with van der Waals surface area (Å²) in [6.07, 6.45) is 0.990. The van der Waals surface area contributed by atoms with Crippen LogP contribution in [0.4, 0.5) is 4.79 Å². The average molecular weight is 233 g/mol. The Kier molecular flexibility index (Phi) is 4.39. The molecule has 15 heavy (non-hydrogen) atoms. The van der Waals surface area contributed by atoms with Gasteiger partial charge in [0.2, 0.25) is 5.91 Å². The molecule has 0 aromatic carbocycles. The van der Waals surface area contributed by atoms with Crippen LogP contribution in [0, 0.1) is 11.8 Å². The Bertz CT molecular complexity index is 258. The van der Waals surface area contributed by atoms with Crippen molar-refractivity contribution in [1.29, 1.82) is 0 Å². The fourth-order valence-electron chi connectivity index (χ4n) is 1.68. The number of carbonyl (C=O) groups is 2. The van der Waals surface area contributed by atoms with Crippen LogP contribution in [0.2, 0.25) is 0 Å². The van der Waals surface area contributed by atoms with Crippen LogP contribution in [0.3, 0.4) is 0 Å². The summed E-state index contributed by atoms with van der Waals surface area (Å²) >= 11 is 5.30. The van der Waals surface area contributed by atoms with Gasteiger partial charge in [-0.3, -0.25) is 10.1 Å². The van der Waals surface area contributed by atoms with Gasteiger partial charge < -0.3 is 4.90 Å². The number of halogens is 1. The molecule has 5 heteroatoms. The van der Waals surface area contributed by atoms with Gasteiger partial charge in [0.15, 0.2) is 0 Å². The third kappa shape index (κ3) is 3.38. The molecule has 1 fully saturated rings. The van der Waals surface area contributed by atoms with E-state index in [4.69, 9.17) is 11.6 Å². The molecule has 4 nitrogen and oxygen atoms in total. The van der Waals surface area contributed by atoms with Crippen molar-refractivity contribution in [2.24, 2.45) is 11.8 Å². The Morgan fingerprint density at radius 2 is 2.07 bits per heavy atom. The van der Waals surface area contributed by atoms with Crippen LogP contribution in [0.15, 0.2) is 0 Å². The number of urea groups is 1. The second-order valence-electron chi connectivity index (χ2n) is 4.18. The second kappa shape index (κ2) is 5.35. The summed E-state index contributed by atoms with van der Waals surface area (Å²) in [6, 6.07) is -0.320. The Labute approximate surface area is 95.0 Å². The van der Waals surface area contributed by atoms with Crippen molar-refractivity contribution in [2.75, 3.05) is 19.0 Å². The van der Waals surface area contributed by atoms with Crippen LogP contribution in [0.25, 0.3) is 0 Å². The molecule has 1 heterocycles. The van der Waals surface area contributed by atoms with E-state index in [-0.39, 0.29) is 11.9 Å². The lowest BCUT2D eigenvalue weighted by Crippen LogP contribution is -2.48. The minimum Gasteiger partial charge on any atom is -0.324 e. The first-order valence-electron chi connectivity index (χ1n) is 5.19. The molecule has 0 aromatic rings. The zero-order chi connectivity index (χ0) is 11.4. The van der Waals surface area contributed by atoms with Crippen LogP contribution in [-0.2, 0) is 4.79 Å². The zero-order valence-corrected chi connectivity index (χ0v) is 9.88. The number of likely N-dealkylation sites (tertiary alicyclic amines) is 1. The second-order valence-corrected chi connectivity index (χ2v) is 4.44. The van der Waals surface area contributed by atoms with Gasteiger partial charge in [-0.25, -0.2) is 4.79 Å². The summed E-state index contributed by atoms with van der Waals surface area (Å²) in [6.45, 7) is 5.73. The van der Waals surface area contributed by atoms with E-state index in [2.05, 4.69) is 19.2 Å². The summed E-state index contributed by atoms with van der Waals surface area (Å²) in [5.41, 5.74) is 0. The Hall–Kier alpha value is -0.770. The molecule has 1 rings (SSSR count). The van der Waals surface area contributed by atoms with Gasteiger partial charge in [-0.2, -0.15) is 0 Å². The van der Waals surface area contributed by atoms with Gasteiger partial charge in [0.25, 0.3) is 0 Å². The maximum absolute atomic E-state index is 11.6. The number of rotatable bonds is 1. The van der Waals surface area contributed by atoms with Gasteiger partial charge in [0.1, 0.15) is 5.88 Å². The van der Waals surface area contributed by atoms with Gasteiger partial charge in [-0.05, 0) is 18.3 Å². The summed E-state index contributed by atoms with van der Waals surface area (Å²) in [5, 5.41) is 2.25. The normalized spacial score (nSPS) is 26.2. The molecule has 0 aliphatic carbocycles. The summed E-state index contributed by atoms with van der Waals surface area (Å²) in [7, 11) is 0. The smallest absolute Gasteiger partial charge is 0.324 e. The molecule has 0 spiro atoms. The first-order valence-corrected chi connectivity index (χ1v) is 5.72. The van der Waals surface area contributed by atoms with E-state index in [0.717, 1.165) is 6.42 Å². The van der Waals surface area contributed by atoms with Crippen molar-refractivity contribution in [3.05, 3.63) is 0 Å². The molecule has 0 saturated carbocycles. The van der Waals surface area contributed by atoms with Crippen molar-refractivity contribution >= 4 is 23.5 Å². The molecule has 0 aromatic heterocycles. The summed E-state index contributed by atoms with van der Waals surface area (Å²) in [5.74, 6) is 0.507. The number of carbonyl (C=O) groups excluding carboxylic acids is 2. The molecule has 1 saturated heterocycles. The standard InChI is InChI=1S/C10H17ClN2O2/c1-7-3-4-13(6-8(7)2)10(15)12-9(14)5-11/h7-8H,3-6H2,1-2H3,(H,12,14,15). The zero-order valence-electron chi connectivity index (χ0n) is 9.12. The van der Waals surface area contributed by atoms with Gasteiger partial charge in [-0.15, -0.1) is 11.6 Å². The molecule has 0 radical (unpaired) electrons. The largest absolute Gasteiger partial charge is 0.324 e. The van der Waals surface area contributed by atoms with Crippen molar-refractivity contribution in [2.45, 2.75) is 20.3 Å². The molecular weight excluding hydrogens is 216 g/mol. The van der Waals surface area contributed by atoms with Crippen molar-refractivity contribution in [1.82, 2.24) is 10.2 Å². The molecule has 3 amide bonds. The van der Waals surface area contributed by atoms with Crippen LogP contribution < -0.4 is 5.32 Å². The van der Waals surface area contributed by atoms with E-state index < -0.39 is 5.91 Å². The average Bonchev–Trinajstić information content (AvgIpc) is 2.21. The molecule has 1 aliphatic heterocycles. The highest BCUT2D eigenvalue weighted by atomic mass is 35.5. The van der Waals surface area contributed by atoms with E-state index in [1.165, 1.54) is 0 Å². The fraction of sp³-hybridized carbons (Fsp3) is 0.800. The lowest BCUT2D eigenvalue weighted by Gasteiger charge is -2.34. The lowest BCUT2D eigenvalue weighted by atomic mass is 9.89. The molecular formula is C10H17ClN2O2. The number of piperidine rings is 1. The quantitative estimate of drug-likeness (QED) is 0.696. The minimum atomic E-state index is -0.437. The molecule has 1 N–H and O–H groups in total. The van der Waals surface area contributed by atoms with Crippen LogP contribution in [0.5, 0.6) is 0 Å². The number of imide groups is 1. The molecule has 1 aliphatic rings. The van der Waals surface area contributed by atoms with Crippen molar-refractivity contribution in [3.8, 4) is 0 Å². The Morgan fingerprint density at radius 1 is 1.40 bits per heavy atom. The topological polar surface area (TPSA) is 49.4 Å². The Morgan fingerprint density at radius 3 is 2.60 bits per heavy atom. The summed E-state index contributed by atoms with van der Waals surface area (Å²) in [4.78, 5) is 24.2. The van der Waals surface area contributed by atoms with Crippen LogP contribution in [0.1, 0.15) is 20.3 Å². The van der Waals surface area contributed by atoms with E-state index in [1.807, 2.05) is 0 Å². The van der Waals surface area contributed by atoms with Crippen LogP contribution in [-0.4, -0.2) is 35.8 Å². The maximum atomic E-state index is 11.6. The maximum Gasteiger partial charge on any atom is 0.324 e. The van der Waals surface area contributed by atoms with Gasteiger partial charge in [0.05, 0.1) is 0 Å². The van der Waals surface area contributed by atoms with Gasteiger partial charge >= 0.3 is 6.03 Å². The number of nitrogens with one attached hydrogen (secondary N) is 1. The molecule has 86 valence electrons. The highest BCUT2D eigenvalue weighted by molar-refractivity contribution is 6.28. The molecule has 0 bridgehead atoms. The predicted molar refractivity (Wildman–Crippen MR) is 58.8 cm³/mol. The first-order chi connectivity index (χ1) is 7.04. The monoisotopic (exact) mass is 232 g/mol. The Balaban J connectivity index is 2.44. The van der Waals surface area contributed by atoms with E-state index in [1.54, 1.807) is 4.90 Å².